The Balaban J connectivity index is 1.35. The number of aromatic nitrogens is 2. The van der Waals surface area contributed by atoms with Crippen molar-refractivity contribution in [3.05, 3.63) is 123 Å². The number of fused-ring (bicyclic) bond motifs is 2. The fourth-order valence-corrected chi connectivity index (χ4v) is 6.80. The number of halogens is 2. The second-order valence-corrected chi connectivity index (χ2v) is 11.8. The minimum atomic E-state index is -0.962. The fourth-order valence-electron chi connectivity index (χ4n) is 6.53. The van der Waals surface area contributed by atoms with Crippen LogP contribution in [0.2, 0.25) is 5.02 Å². The molecule has 1 unspecified atom stereocenters. The van der Waals surface area contributed by atoms with Crippen LogP contribution in [0, 0.1) is 5.82 Å². The Morgan fingerprint density at radius 2 is 1.85 bits per heavy atom. The van der Waals surface area contributed by atoms with Gasteiger partial charge in [-0.05, 0) is 84.2 Å². The van der Waals surface area contributed by atoms with Gasteiger partial charge in [-0.3, -0.25) is 4.68 Å². The van der Waals surface area contributed by atoms with Crippen molar-refractivity contribution in [1.29, 1.82) is 0 Å². The predicted molar refractivity (Wildman–Crippen MR) is 179 cm³/mol. The lowest BCUT2D eigenvalue weighted by molar-refractivity contribution is -0.138. The number of hydrogen-bond donors (Lipinski definition) is 1. The van der Waals surface area contributed by atoms with Crippen molar-refractivity contribution in [1.82, 2.24) is 9.78 Å². The molecule has 0 saturated carbocycles. The Morgan fingerprint density at radius 1 is 1.04 bits per heavy atom. The van der Waals surface area contributed by atoms with Crippen LogP contribution in [0.1, 0.15) is 60.9 Å². The van der Waals surface area contributed by atoms with Crippen LogP contribution in [0.25, 0.3) is 27.5 Å². The van der Waals surface area contributed by atoms with Crippen LogP contribution >= 0.6 is 11.6 Å². The number of carbonyl (C=O) groups is 1. The molecule has 0 spiro atoms. The Hall–Kier alpha value is -4.46. The zero-order valence-electron chi connectivity index (χ0n) is 26.1. The standard InChI is InChI=1S/C38H36ClFN2O4/c1-4-32-35(36(41-42(32)3)37(43)23-11-7-6-8-12-23)34-29-22-30(38(44)45-5-2)27(28(29)18-19-31(34)39)14-10-20-46-33-15-9-13-24-21-25(40)16-17-26(24)33/h6-9,11-13,15-19,21,37,43H,4-5,10,14,20,22H2,1-3H3. The maximum absolute atomic E-state index is 13.8. The maximum Gasteiger partial charge on any atom is 0.334 e. The number of aliphatic hydroxyl groups is 1. The number of nitrogens with zero attached hydrogens (tertiary/aromatic N) is 2. The summed E-state index contributed by atoms with van der Waals surface area (Å²) in [7, 11) is 1.88. The second kappa shape index (κ2) is 13.5. The number of carbonyl (C=O) groups excluding carboxylic acids is 1. The molecule has 0 saturated heterocycles. The average Bonchev–Trinajstić information content (AvgIpc) is 3.60. The predicted octanol–water partition coefficient (Wildman–Crippen LogP) is 8.41. The summed E-state index contributed by atoms with van der Waals surface area (Å²) in [6, 6.07) is 23.5. The van der Waals surface area contributed by atoms with Gasteiger partial charge in [-0.1, -0.05) is 67.1 Å². The number of ether oxygens (including phenoxy) is 2. The largest absolute Gasteiger partial charge is 0.493 e. The highest BCUT2D eigenvalue weighted by Gasteiger charge is 2.33. The van der Waals surface area contributed by atoms with Gasteiger partial charge in [0.1, 0.15) is 23.4 Å². The lowest BCUT2D eigenvalue weighted by Gasteiger charge is -2.17. The first-order valence-corrected chi connectivity index (χ1v) is 16.0. The van der Waals surface area contributed by atoms with Crippen molar-refractivity contribution in [3.63, 3.8) is 0 Å². The first kappa shape index (κ1) is 31.5. The summed E-state index contributed by atoms with van der Waals surface area (Å²) >= 11 is 6.99. The number of hydrogen-bond acceptors (Lipinski definition) is 5. The van der Waals surface area contributed by atoms with Crippen LogP contribution < -0.4 is 4.74 Å². The monoisotopic (exact) mass is 638 g/mol. The molecule has 0 amide bonds. The van der Waals surface area contributed by atoms with E-state index < -0.39 is 6.10 Å². The molecule has 0 radical (unpaired) electrons. The van der Waals surface area contributed by atoms with Crippen LogP contribution in [0.15, 0.2) is 84.4 Å². The molecule has 236 valence electrons. The van der Waals surface area contributed by atoms with Gasteiger partial charge < -0.3 is 14.6 Å². The minimum Gasteiger partial charge on any atom is -0.493 e. The molecule has 6 rings (SSSR count). The molecule has 1 heterocycles. The van der Waals surface area contributed by atoms with Gasteiger partial charge in [0.05, 0.1) is 13.2 Å². The van der Waals surface area contributed by atoms with Crippen molar-refractivity contribution in [2.75, 3.05) is 13.2 Å². The molecule has 1 aliphatic carbocycles. The summed E-state index contributed by atoms with van der Waals surface area (Å²) in [4.78, 5) is 13.3. The third kappa shape index (κ3) is 5.93. The summed E-state index contributed by atoms with van der Waals surface area (Å²) < 4.78 is 27.2. The van der Waals surface area contributed by atoms with E-state index in [1.54, 1.807) is 17.7 Å². The van der Waals surface area contributed by atoms with E-state index in [-0.39, 0.29) is 18.4 Å². The van der Waals surface area contributed by atoms with Gasteiger partial charge in [-0.2, -0.15) is 5.10 Å². The molecule has 46 heavy (non-hydrogen) atoms. The number of benzene rings is 4. The summed E-state index contributed by atoms with van der Waals surface area (Å²) in [5, 5.41) is 18.5. The Kier molecular flexibility index (Phi) is 9.24. The van der Waals surface area contributed by atoms with E-state index in [9.17, 15) is 14.3 Å². The number of aryl methyl sites for hydroxylation is 1. The van der Waals surface area contributed by atoms with Gasteiger partial charge >= 0.3 is 5.97 Å². The number of aliphatic hydroxyl groups excluding tert-OH is 1. The molecule has 4 aromatic carbocycles. The van der Waals surface area contributed by atoms with E-state index in [4.69, 9.17) is 26.2 Å². The topological polar surface area (TPSA) is 73.6 Å². The van der Waals surface area contributed by atoms with Crippen LogP contribution in [0.4, 0.5) is 4.39 Å². The molecule has 5 aromatic rings. The van der Waals surface area contributed by atoms with Gasteiger partial charge in [-0.25, -0.2) is 9.18 Å². The summed E-state index contributed by atoms with van der Waals surface area (Å²) in [6.45, 7) is 4.52. The van der Waals surface area contributed by atoms with Crippen LogP contribution in [0.3, 0.4) is 0 Å². The quantitative estimate of drug-likeness (QED) is 0.116. The van der Waals surface area contributed by atoms with E-state index in [0.717, 1.165) is 49.9 Å². The molecule has 8 heteroatoms. The molecule has 1 aliphatic rings. The highest BCUT2D eigenvalue weighted by atomic mass is 35.5. The van der Waals surface area contributed by atoms with Crippen LogP contribution in [0.5, 0.6) is 5.75 Å². The molecule has 1 atom stereocenters. The molecule has 1 N–H and O–H groups in total. The first-order valence-electron chi connectivity index (χ1n) is 15.6. The maximum atomic E-state index is 13.8. The van der Waals surface area contributed by atoms with Crippen molar-refractivity contribution in [2.24, 2.45) is 7.05 Å². The second-order valence-electron chi connectivity index (χ2n) is 11.4. The zero-order valence-corrected chi connectivity index (χ0v) is 26.9. The minimum absolute atomic E-state index is 0.264. The van der Waals surface area contributed by atoms with Crippen molar-refractivity contribution < 1.29 is 23.8 Å². The Labute approximate surface area is 273 Å². The third-order valence-corrected chi connectivity index (χ3v) is 8.93. The summed E-state index contributed by atoms with van der Waals surface area (Å²) in [6.07, 6.45) is 1.28. The van der Waals surface area contributed by atoms with E-state index in [1.165, 1.54) is 12.1 Å². The van der Waals surface area contributed by atoms with Crippen LogP contribution in [-0.4, -0.2) is 34.1 Å². The number of allylic oxidation sites excluding steroid dienone is 1. The average molecular weight is 639 g/mol. The lowest BCUT2D eigenvalue weighted by Crippen LogP contribution is -2.09. The number of esters is 1. The molecule has 6 nitrogen and oxygen atoms in total. The van der Waals surface area contributed by atoms with Gasteiger partial charge in [-0.15, -0.1) is 0 Å². The molecule has 1 aromatic heterocycles. The first-order chi connectivity index (χ1) is 22.3. The smallest absolute Gasteiger partial charge is 0.334 e. The molecule has 0 bridgehead atoms. The molecule has 0 aliphatic heterocycles. The van der Waals surface area contributed by atoms with E-state index in [1.807, 2.05) is 67.7 Å². The molecule has 0 fully saturated rings. The van der Waals surface area contributed by atoms with Gasteiger partial charge in [0, 0.05) is 46.3 Å². The summed E-state index contributed by atoms with van der Waals surface area (Å²) in [5.74, 6) is 0.0480. The van der Waals surface area contributed by atoms with Gasteiger partial charge in [0.15, 0.2) is 0 Å². The van der Waals surface area contributed by atoms with E-state index in [0.29, 0.717) is 54.3 Å². The highest BCUT2D eigenvalue weighted by Crippen LogP contribution is 2.47. The molecular formula is C38H36ClFN2O4. The normalized spacial score (nSPS) is 13.3. The van der Waals surface area contributed by atoms with Gasteiger partial charge in [0.2, 0.25) is 0 Å². The third-order valence-electron chi connectivity index (χ3n) is 8.61. The molecular weight excluding hydrogens is 603 g/mol. The fraction of sp³-hybridized carbons (Fsp3) is 0.263. The Morgan fingerprint density at radius 3 is 2.61 bits per heavy atom. The highest BCUT2D eigenvalue weighted by molar-refractivity contribution is 6.34. The van der Waals surface area contributed by atoms with E-state index in [2.05, 4.69) is 6.92 Å². The van der Waals surface area contributed by atoms with Crippen molar-refractivity contribution in [3.8, 4) is 16.9 Å². The summed E-state index contributed by atoms with van der Waals surface area (Å²) in [5.41, 5.74) is 7.14. The number of rotatable bonds is 11. The zero-order chi connectivity index (χ0) is 32.4. The lowest BCUT2D eigenvalue weighted by atomic mass is 9.90. The Bertz CT molecular complexity index is 1950. The van der Waals surface area contributed by atoms with Gasteiger partial charge in [0.25, 0.3) is 0 Å². The SMILES string of the molecule is CCOC(=O)C1=C(CCCOc2cccc3cc(F)ccc23)c2ccc(Cl)c(-c3c(C(O)c4ccccc4)nn(C)c3CC)c2C1. The van der Waals surface area contributed by atoms with Crippen molar-refractivity contribution >= 4 is 33.9 Å². The van der Waals surface area contributed by atoms with Crippen molar-refractivity contribution in [2.45, 2.75) is 45.6 Å². The van der Waals surface area contributed by atoms with E-state index >= 15 is 0 Å². The van der Waals surface area contributed by atoms with Crippen LogP contribution in [-0.2, 0) is 29.4 Å².